The highest BCUT2D eigenvalue weighted by atomic mass is 32.1. The van der Waals surface area contributed by atoms with Crippen molar-refractivity contribution in [1.82, 2.24) is 20.4 Å². The van der Waals surface area contributed by atoms with Crippen LogP contribution in [0, 0.1) is 13.8 Å². The van der Waals surface area contributed by atoms with E-state index in [2.05, 4.69) is 15.5 Å². The van der Waals surface area contributed by atoms with E-state index in [1.54, 1.807) is 0 Å². The molecule has 2 heterocycles. The molecule has 126 valence electrons. The number of hydrogen-bond acceptors (Lipinski definition) is 6. The maximum absolute atomic E-state index is 12.3. The summed E-state index contributed by atoms with van der Waals surface area (Å²) in [5.74, 6) is -0.0956. The normalized spacial score (nSPS) is 11.4. The summed E-state index contributed by atoms with van der Waals surface area (Å²) in [4.78, 5) is 19.5. The minimum Gasteiger partial charge on any atom is -0.356 e. The molecule has 0 bridgehead atoms. The molecule has 0 spiro atoms. The topological polar surface area (TPSA) is 71.3 Å². The van der Waals surface area contributed by atoms with Gasteiger partial charge in [0.25, 0.3) is 5.91 Å². The van der Waals surface area contributed by atoms with E-state index < -0.39 is 0 Å². The van der Waals surface area contributed by atoms with Crippen molar-refractivity contribution in [3.8, 4) is 10.7 Å². The number of hydrogen-bond donors (Lipinski definition) is 1. The van der Waals surface area contributed by atoms with Crippen LogP contribution in [0.25, 0.3) is 21.7 Å². The third-order valence-electron chi connectivity index (χ3n) is 3.68. The number of aromatic nitrogens is 2. The van der Waals surface area contributed by atoms with Crippen LogP contribution in [-0.4, -0.2) is 48.1 Å². The van der Waals surface area contributed by atoms with Crippen LogP contribution in [0.3, 0.4) is 0 Å². The number of aryl methyl sites for hydroxylation is 2. The van der Waals surface area contributed by atoms with Crippen LogP contribution in [0.2, 0.25) is 0 Å². The molecule has 1 amide bonds. The molecular weight excluding hydrogens is 324 g/mol. The molecule has 2 aromatic heterocycles. The molecule has 1 aromatic carbocycles. The van der Waals surface area contributed by atoms with Gasteiger partial charge in [-0.15, -0.1) is 11.3 Å². The number of rotatable bonds is 5. The SMILES string of the molecule is Cc1ccc2c(-c3nc(C)c(C(=O)NCCN(C)C)s3)noc2c1. The number of fused-ring (bicyclic) bond motifs is 1. The highest BCUT2D eigenvalue weighted by Crippen LogP contribution is 2.32. The maximum Gasteiger partial charge on any atom is 0.263 e. The Morgan fingerprint density at radius 2 is 2.12 bits per heavy atom. The van der Waals surface area contributed by atoms with Crippen molar-refractivity contribution in [3.05, 3.63) is 34.3 Å². The molecule has 0 saturated heterocycles. The van der Waals surface area contributed by atoms with Crippen molar-refractivity contribution in [3.63, 3.8) is 0 Å². The standard InChI is InChI=1S/C17H20N4O2S/c1-10-5-6-12-13(9-10)23-20-14(12)17-19-11(2)15(24-17)16(22)18-7-8-21(3)4/h5-6,9H,7-8H2,1-4H3,(H,18,22). The monoisotopic (exact) mass is 344 g/mol. The Balaban J connectivity index is 1.86. The zero-order valence-electron chi connectivity index (χ0n) is 14.2. The Kier molecular flexibility index (Phi) is 4.64. The maximum atomic E-state index is 12.3. The lowest BCUT2D eigenvalue weighted by Gasteiger charge is -2.09. The average molecular weight is 344 g/mol. The summed E-state index contributed by atoms with van der Waals surface area (Å²) < 4.78 is 5.40. The summed E-state index contributed by atoms with van der Waals surface area (Å²) >= 11 is 1.34. The van der Waals surface area contributed by atoms with Crippen molar-refractivity contribution in [2.24, 2.45) is 0 Å². The first kappa shape index (κ1) is 16.6. The third-order valence-corrected chi connectivity index (χ3v) is 4.84. The minimum atomic E-state index is -0.0956. The Hall–Kier alpha value is -2.25. The highest BCUT2D eigenvalue weighted by molar-refractivity contribution is 7.17. The summed E-state index contributed by atoms with van der Waals surface area (Å²) in [5, 5.41) is 8.67. The number of likely N-dealkylation sites (N-methyl/N-ethyl adjacent to an activating group) is 1. The first-order valence-corrected chi connectivity index (χ1v) is 8.54. The second-order valence-corrected chi connectivity index (χ2v) is 7.02. The van der Waals surface area contributed by atoms with Gasteiger partial charge in [-0.05, 0) is 45.6 Å². The average Bonchev–Trinajstić information content (AvgIpc) is 3.09. The molecule has 6 nitrogen and oxygen atoms in total. The lowest BCUT2D eigenvalue weighted by molar-refractivity contribution is 0.0954. The van der Waals surface area contributed by atoms with E-state index in [9.17, 15) is 4.79 Å². The van der Waals surface area contributed by atoms with Gasteiger partial charge in [-0.2, -0.15) is 0 Å². The smallest absolute Gasteiger partial charge is 0.263 e. The van der Waals surface area contributed by atoms with E-state index in [1.807, 2.05) is 51.0 Å². The predicted octanol–water partition coefficient (Wildman–Crippen LogP) is 2.86. The van der Waals surface area contributed by atoms with Crippen molar-refractivity contribution >= 4 is 28.2 Å². The molecule has 0 saturated carbocycles. The van der Waals surface area contributed by atoms with Gasteiger partial charge in [0.15, 0.2) is 5.58 Å². The van der Waals surface area contributed by atoms with Crippen molar-refractivity contribution in [2.75, 3.05) is 27.2 Å². The van der Waals surface area contributed by atoms with Crippen LogP contribution >= 0.6 is 11.3 Å². The summed E-state index contributed by atoms with van der Waals surface area (Å²) in [5.41, 5.74) is 3.24. The van der Waals surface area contributed by atoms with E-state index in [-0.39, 0.29) is 5.91 Å². The molecule has 0 aliphatic carbocycles. The molecule has 0 aliphatic rings. The molecule has 7 heteroatoms. The van der Waals surface area contributed by atoms with Gasteiger partial charge in [0, 0.05) is 13.1 Å². The van der Waals surface area contributed by atoms with Gasteiger partial charge >= 0.3 is 0 Å². The number of thiazole rings is 1. The minimum absolute atomic E-state index is 0.0956. The lowest BCUT2D eigenvalue weighted by Crippen LogP contribution is -2.31. The Morgan fingerprint density at radius 3 is 2.88 bits per heavy atom. The largest absolute Gasteiger partial charge is 0.356 e. The third kappa shape index (κ3) is 3.32. The molecule has 3 aromatic rings. The number of carbonyl (C=O) groups excluding carboxylic acids is 1. The van der Waals surface area contributed by atoms with Gasteiger partial charge in [0.05, 0.1) is 11.1 Å². The molecule has 3 rings (SSSR count). The van der Waals surface area contributed by atoms with Gasteiger partial charge in [-0.3, -0.25) is 4.79 Å². The Morgan fingerprint density at radius 1 is 1.33 bits per heavy atom. The Labute approximate surface area is 144 Å². The van der Waals surface area contributed by atoms with Gasteiger partial charge in [0.1, 0.15) is 15.6 Å². The van der Waals surface area contributed by atoms with Crippen LogP contribution in [0.1, 0.15) is 20.9 Å². The van der Waals surface area contributed by atoms with Crippen molar-refractivity contribution in [2.45, 2.75) is 13.8 Å². The summed E-state index contributed by atoms with van der Waals surface area (Å²) in [6, 6.07) is 5.93. The van der Waals surface area contributed by atoms with Gasteiger partial charge in [0.2, 0.25) is 0 Å². The summed E-state index contributed by atoms with van der Waals surface area (Å²) in [6.45, 7) is 5.24. The van der Waals surface area contributed by atoms with Gasteiger partial charge < -0.3 is 14.7 Å². The van der Waals surface area contributed by atoms with Gasteiger partial charge in [-0.1, -0.05) is 11.2 Å². The summed E-state index contributed by atoms with van der Waals surface area (Å²) in [7, 11) is 3.94. The predicted molar refractivity (Wildman–Crippen MR) is 95.5 cm³/mol. The number of nitrogens with one attached hydrogen (secondary N) is 1. The van der Waals surface area contributed by atoms with Gasteiger partial charge in [-0.25, -0.2) is 4.98 Å². The molecule has 0 fully saturated rings. The zero-order valence-corrected chi connectivity index (χ0v) is 15.0. The zero-order chi connectivity index (χ0) is 17.3. The fraction of sp³-hybridized carbons (Fsp3) is 0.353. The summed E-state index contributed by atoms with van der Waals surface area (Å²) in [6.07, 6.45) is 0. The number of amides is 1. The second kappa shape index (κ2) is 6.70. The molecule has 0 unspecified atom stereocenters. The van der Waals surface area contributed by atoms with Crippen LogP contribution in [0.15, 0.2) is 22.7 Å². The molecule has 1 N–H and O–H groups in total. The van der Waals surface area contributed by atoms with E-state index in [0.29, 0.717) is 27.8 Å². The molecule has 0 atom stereocenters. The molecule has 0 radical (unpaired) electrons. The van der Waals surface area contributed by atoms with E-state index in [4.69, 9.17) is 4.52 Å². The van der Waals surface area contributed by atoms with Crippen LogP contribution < -0.4 is 5.32 Å². The molecular formula is C17H20N4O2S. The van der Waals surface area contributed by atoms with Crippen molar-refractivity contribution in [1.29, 1.82) is 0 Å². The fourth-order valence-electron chi connectivity index (χ4n) is 2.38. The first-order valence-electron chi connectivity index (χ1n) is 7.72. The molecule has 24 heavy (non-hydrogen) atoms. The molecule has 0 aliphatic heterocycles. The van der Waals surface area contributed by atoms with Crippen LogP contribution in [0.5, 0.6) is 0 Å². The van der Waals surface area contributed by atoms with E-state index in [0.717, 1.165) is 23.1 Å². The number of carbonyl (C=O) groups is 1. The highest BCUT2D eigenvalue weighted by Gasteiger charge is 2.19. The first-order chi connectivity index (χ1) is 11.5. The van der Waals surface area contributed by atoms with E-state index >= 15 is 0 Å². The number of nitrogens with zero attached hydrogens (tertiary/aromatic N) is 3. The fourth-order valence-corrected chi connectivity index (χ4v) is 3.36. The van der Waals surface area contributed by atoms with Crippen LogP contribution in [-0.2, 0) is 0 Å². The lowest BCUT2D eigenvalue weighted by atomic mass is 10.1. The van der Waals surface area contributed by atoms with E-state index in [1.165, 1.54) is 11.3 Å². The quantitative estimate of drug-likeness (QED) is 0.770. The van der Waals surface area contributed by atoms with Crippen molar-refractivity contribution < 1.29 is 9.32 Å². The second-order valence-electron chi connectivity index (χ2n) is 6.02. The Bertz CT molecular complexity index is 882. The number of benzene rings is 1. The van der Waals surface area contributed by atoms with Crippen LogP contribution in [0.4, 0.5) is 0 Å².